The molecular formula is C26H20Cl2N2O3. The third kappa shape index (κ3) is 4.14. The van der Waals surface area contributed by atoms with Crippen molar-refractivity contribution in [3.8, 4) is 11.4 Å². The number of hydrogen-bond acceptors (Lipinski definition) is 3. The quantitative estimate of drug-likeness (QED) is 0.311. The van der Waals surface area contributed by atoms with E-state index in [-0.39, 0.29) is 11.3 Å². The first-order chi connectivity index (χ1) is 15.9. The summed E-state index contributed by atoms with van der Waals surface area (Å²) in [7, 11) is 0. The standard InChI is InChI=1S/C26H20Cl2N2O3/c27-19-11-18(12-20(28)14-19)24(31)15-5-7-16(8-6-15)25-29-22-13-17(26(32)33)9-10-23(22)30(25)21-3-1-2-4-21/h5-14,21H,1-4H2,(H,32,33). The molecule has 0 bridgehead atoms. The van der Waals surface area contributed by atoms with Gasteiger partial charge in [-0.3, -0.25) is 4.79 Å². The topological polar surface area (TPSA) is 72.2 Å². The third-order valence-corrected chi connectivity index (χ3v) is 6.59. The van der Waals surface area contributed by atoms with Crippen LogP contribution in [0.2, 0.25) is 10.0 Å². The van der Waals surface area contributed by atoms with Gasteiger partial charge in [-0.05, 0) is 49.2 Å². The minimum atomic E-state index is -0.974. The minimum Gasteiger partial charge on any atom is -0.478 e. The number of ketones is 1. The Labute approximate surface area is 200 Å². The second kappa shape index (κ2) is 8.65. The summed E-state index contributed by atoms with van der Waals surface area (Å²) < 4.78 is 2.22. The lowest BCUT2D eigenvalue weighted by molar-refractivity contribution is 0.0697. The van der Waals surface area contributed by atoms with Crippen LogP contribution in [0.4, 0.5) is 0 Å². The lowest BCUT2D eigenvalue weighted by Crippen LogP contribution is -2.07. The van der Waals surface area contributed by atoms with Crippen LogP contribution in [0.25, 0.3) is 22.4 Å². The van der Waals surface area contributed by atoms with Gasteiger partial charge in [-0.15, -0.1) is 0 Å². The van der Waals surface area contributed by atoms with Gasteiger partial charge >= 0.3 is 5.97 Å². The monoisotopic (exact) mass is 478 g/mol. The maximum absolute atomic E-state index is 12.9. The summed E-state index contributed by atoms with van der Waals surface area (Å²) in [6.07, 6.45) is 4.44. The van der Waals surface area contributed by atoms with Gasteiger partial charge in [0.15, 0.2) is 5.78 Å². The first-order valence-corrected chi connectivity index (χ1v) is 11.5. The fourth-order valence-corrected chi connectivity index (χ4v) is 5.12. The molecule has 1 heterocycles. The molecule has 1 aromatic heterocycles. The molecule has 1 aliphatic rings. The van der Waals surface area contributed by atoms with E-state index in [0.29, 0.717) is 32.7 Å². The van der Waals surface area contributed by atoms with Crippen molar-refractivity contribution in [1.82, 2.24) is 9.55 Å². The zero-order valence-corrected chi connectivity index (χ0v) is 19.1. The van der Waals surface area contributed by atoms with Crippen LogP contribution >= 0.6 is 23.2 Å². The predicted molar refractivity (Wildman–Crippen MR) is 130 cm³/mol. The van der Waals surface area contributed by atoms with Crippen LogP contribution in [-0.4, -0.2) is 26.4 Å². The second-order valence-electron chi connectivity index (χ2n) is 8.32. The Morgan fingerprint density at radius 3 is 2.12 bits per heavy atom. The van der Waals surface area contributed by atoms with Gasteiger partial charge < -0.3 is 9.67 Å². The van der Waals surface area contributed by atoms with Gasteiger partial charge in [0.1, 0.15) is 5.82 Å². The molecule has 0 saturated heterocycles. The zero-order valence-electron chi connectivity index (χ0n) is 17.6. The predicted octanol–water partition coefficient (Wildman–Crippen LogP) is 7.05. The molecule has 1 aliphatic carbocycles. The maximum atomic E-state index is 12.9. The molecule has 0 unspecified atom stereocenters. The minimum absolute atomic E-state index is 0.165. The first-order valence-electron chi connectivity index (χ1n) is 10.8. The van der Waals surface area contributed by atoms with Gasteiger partial charge in [0.25, 0.3) is 0 Å². The Bertz CT molecular complexity index is 1370. The van der Waals surface area contributed by atoms with Gasteiger partial charge in [-0.25, -0.2) is 9.78 Å². The van der Waals surface area contributed by atoms with Crippen molar-refractivity contribution in [3.05, 3.63) is 87.4 Å². The fourth-order valence-electron chi connectivity index (χ4n) is 4.59. The van der Waals surface area contributed by atoms with Gasteiger partial charge in [0.05, 0.1) is 16.6 Å². The number of hydrogen-bond donors (Lipinski definition) is 1. The highest BCUT2D eigenvalue weighted by atomic mass is 35.5. The average molecular weight is 479 g/mol. The normalized spacial score (nSPS) is 14.1. The van der Waals surface area contributed by atoms with Crippen LogP contribution in [0.5, 0.6) is 0 Å². The lowest BCUT2D eigenvalue weighted by Gasteiger charge is -2.16. The molecule has 0 radical (unpaired) electrons. The SMILES string of the molecule is O=C(O)c1ccc2c(c1)nc(-c1ccc(C(=O)c3cc(Cl)cc(Cl)c3)cc1)n2C1CCCC1. The molecule has 1 saturated carbocycles. The van der Waals surface area contributed by atoms with Crippen LogP contribution < -0.4 is 0 Å². The average Bonchev–Trinajstić information content (AvgIpc) is 3.45. The molecule has 1 fully saturated rings. The Morgan fingerprint density at radius 1 is 0.848 bits per heavy atom. The number of imidazole rings is 1. The summed E-state index contributed by atoms with van der Waals surface area (Å²) in [4.78, 5) is 29.2. The van der Waals surface area contributed by atoms with Gasteiger partial charge in [0.2, 0.25) is 0 Å². The van der Waals surface area contributed by atoms with Gasteiger partial charge in [0, 0.05) is 32.8 Å². The van der Waals surface area contributed by atoms with Crippen LogP contribution in [0.15, 0.2) is 60.7 Å². The van der Waals surface area contributed by atoms with Gasteiger partial charge in [-0.2, -0.15) is 0 Å². The molecule has 1 N–H and O–H groups in total. The number of rotatable bonds is 5. The molecule has 33 heavy (non-hydrogen) atoms. The number of carboxylic acid groups (broad SMARTS) is 1. The third-order valence-electron chi connectivity index (χ3n) is 6.16. The molecule has 5 nitrogen and oxygen atoms in total. The molecule has 0 amide bonds. The van der Waals surface area contributed by atoms with Crippen LogP contribution in [0, 0.1) is 0 Å². The van der Waals surface area contributed by atoms with Crippen molar-refractivity contribution in [1.29, 1.82) is 0 Å². The van der Waals surface area contributed by atoms with Crippen molar-refractivity contribution in [2.75, 3.05) is 0 Å². The summed E-state index contributed by atoms with van der Waals surface area (Å²) in [5, 5.41) is 10.2. The molecule has 5 rings (SSSR count). The van der Waals surface area contributed by atoms with Crippen molar-refractivity contribution in [2.45, 2.75) is 31.7 Å². The number of carbonyl (C=O) groups excluding carboxylic acids is 1. The summed E-state index contributed by atoms with van der Waals surface area (Å²) >= 11 is 12.1. The Hall–Kier alpha value is -3.15. The Kier molecular flexibility index (Phi) is 5.69. The van der Waals surface area contributed by atoms with E-state index in [1.165, 1.54) is 0 Å². The number of nitrogens with zero attached hydrogens (tertiary/aromatic N) is 2. The highest BCUT2D eigenvalue weighted by Gasteiger charge is 2.24. The number of halogens is 2. The number of aromatic nitrogens is 2. The fraction of sp³-hybridized carbons (Fsp3) is 0.192. The molecule has 0 atom stereocenters. The van der Waals surface area contributed by atoms with E-state index in [0.717, 1.165) is 42.6 Å². The number of carbonyl (C=O) groups is 2. The molecule has 7 heteroatoms. The van der Waals surface area contributed by atoms with Crippen LogP contribution in [0.3, 0.4) is 0 Å². The van der Waals surface area contributed by atoms with E-state index in [2.05, 4.69) is 4.57 Å². The van der Waals surface area contributed by atoms with Crippen molar-refractivity contribution < 1.29 is 14.7 Å². The smallest absolute Gasteiger partial charge is 0.335 e. The summed E-state index contributed by atoms with van der Waals surface area (Å²) in [6.45, 7) is 0. The lowest BCUT2D eigenvalue weighted by atomic mass is 10.0. The van der Waals surface area contributed by atoms with E-state index in [1.807, 2.05) is 18.2 Å². The molecule has 3 aromatic carbocycles. The number of benzene rings is 3. The maximum Gasteiger partial charge on any atom is 0.335 e. The van der Waals surface area contributed by atoms with Crippen molar-refractivity contribution >= 4 is 46.0 Å². The Morgan fingerprint density at radius 2 is 1.48 bits per heavy atom. The van der Waals surface area contributed by atoms with Gasteiger partial charge in [-0.1, -0.05) is 60.3 Å². The summed E-state index contributed by atoms with van der Waals surface area (Å²) in [5.74, 6) is -0.358. The van der Waals surface area contributed by atoms with E-state index < -0.39 is 5.97 Å². The number of aromatic carboxylic acids is 1. The molecule has 4 aromatic rings. The highest BCUT2D eigenvalue weighted by molar-refractivity contribution is 6.35. The molecular weight excluding hydrogens is 459 g/mol. The van der Waals surface area contributed by atoms with Crippen molar-refractivity contribution in [2.24, 2.45) is 0 Å². The summed E-state index contributed by atoms with van der Waals surface area (Å²) in [6, 6.07) is 17.5. The molecule has 0 spiro atoms. The molecule has 166 valence electrons. The highest BCUT2D eigenvalue weighted by Crippen LogP contribution is 2.37. The Balaban J connectivity index is 1.56. The van der Waals surface area contributed by atoms with Crippen LogP contribution in [-0.2, 0) is 0 Å². The van der Waals surface area contributed by atoms with Crippen LogP contribution in [0.1, 0.15) is 58.0 Å². The largest absolute Gasteiger partial charge is 0.478 e. The van der Waals surface area contributed by atoms with E-state index in [4.69, 9.17) is 28.2 Å². The molecule has 0 aliphatic heterocycles. The van der Waals surface area contributed by atoms with E-state index in [1.54, 1.807) is 42.5 Å². The van der Waals surface area contributed by atoms with Crippen molar-refractivity contribution in [3.63, 3.8) is 0 Å². The number of fused-ring (bicyclic) bond motifs is 1. The summed E-state index contributed by atoms with van der Waals surface area (Å²) in [5.41, 5.74) is 3.62. The van der Waals surface area contributed by atoms with E-state index >= 15 is 0 Å². The van der Waals surface area contributed by atoms with E-state index in [9.17, 15) is 14.7 Å². The second-order valence-corrected chi connectivity index (χ2v) is 9.19. The first kappa shape index (κ1) is 21.7. The zero-order chi connectivity index (χ0) is 23.1. The number of carboxylic acids is 1.